The van der Waals surface area contributed by atoms with Gasteiger partial charge in [-0.15, -0.1) is 0 Å². The number of aliphatic hydroxyl groups excluding tert-OH is 1. The fourth-order valence-corrected chi connectivity index (χ4v) is 2.45. The van der Waals surface area contributed by atoms with Crippen molar-refractivity contribution in [3.63, 3.8) is 0 Å². The van der Waals surface area contributed by atoms with Crippen LogP contribution in [0, 0.1) is 0 Å². The van der Waals surface area contributed by atoms with Crippen molar-refractivity contribution in [3.8, 4) is 0 Å². The molecule has 0 aromatic carbocycles. The molecule has 1 aliphatic rings. The molecule has 0 bridgehead atoms. The lowest BCUT2D eigenvalue weighted by molar-refractivity contribution is 0.126. The summed E-state index contributed by atoms with van der Waals surface area (Å²) >= 11 is 0. The van der Waals surface area contributed by atoms with Crippen molar-refractivity contribution in [3.05, 3.63) is 11.9 Å². The molecule has 0 amide bonds. The molecule has 4 nitrogen and oxygen atoms in total. The monoisotopic (exact) mass is 237 g/mol. The first-order valence-electron chi connectivity index (χ1n) is 6.73. The number of hydrogen-bond donors (Lipinski definition) is 2. The van der Waals surface area contributed by atoms with Gasteiger partial charge in [-0.25, -0.2) is 0 Å². The van der Waals surface area contributed by atoms with Crippen molar-refractivity contribution in [2.45, 2.75) is 64.6 Å². The predicted octanol–water partition coefficient (Wildman–Crippen LogP) is 2.18. The zero-order valence-electron chi connectivity index (χ0n) is 10.8. The Morgan fingerprint density at radius 2 is 2.06 bits per heavy atom. The molecular weight excluding hydrogens is 214 g/mol. The molecule has 4 heteroatoms. The maximum Gasteiger partial charge on any atom is 0.0853 e. The standard InChI is InChI=1S/C13H23N3O/c1-3-12-13(9-16(4-2)15-12)14-10-5-7-11(17)8-6-10/h9-11,14,17H,3-8H2,1-2H3. The van der Waals surface area contributed by atoms with Crippen LogP contribution in [0.3, 0.4) is 0 Å². The average Bonchev–Trinajstić information content (AvgIpc) is 2.74. The van der Waals surface area contributed by atoms with Gasteiger partial charge < -0.3 is 10.4 Å². The Hall–Kier alpha value is -1.03. The summed E-state index contributed by atoms with van der Waals surface area (Å²) in [4.78, 5) is 0. The Morgan fingerprint density at radius 1 is 1.35 bits per heavy atom. The van der Waals surface area contributed by atoms with Crippen molar-refractivity contribution < 1.29 is 5.11 Å². The van der Waals surface area contributed by atoms with Gasteiger partial charge in [-0.1, -0.05) is 6.92 Å². The second-order valence-corrected chi connectivity index (χ2v) is 4.85. The van der Waals surface area contributed by atoms with Crippen LogP contribution in [0.15, 0.2) is 6.20 Å². The van der Waals surface area contributed by atoms with E-state index in [4.69, 9.17) is 0 Å². The fraction of sp³-hybridized carbons (Fsp3) is 0.769. The molecule has 0 unspecified atom stereocenters. The molecule has 1 aromatic heterocycles. The number of aryl methyl sites for hydroxylation is 2. The lowest BCUT2D eigenvalue weighted by Crippen LogP contribution is -2.28. The van der Waals surface area contributed by atoms with Gasteiger partial charge in [-0.2, -0.15) is 5.10 Å². The molecular formula is C13H23N3O. The third-order valence-corrected chi connectivity index (χ3v) is 3.55. The Balaban J connectivity index is 1.99. The first kappa shape index (κ1) is 12.4. The second-order valence-electron chi connectivity index (χ2n) is 4.85. The SMILES string of the molecule is CCc1nn(CC)cc1NC1CCC(O)CC1. The molecule has 0 saturated heterocycles. The molecule has 1 fully saturated rings. The Labute approximate surface area is 103 Å². The average molecular weight is 237 g/mol. The fourth-order valence-electron chi connectivity index (χ4n) is 2.45. The van der Waals surface area contributed by atoms with E-state index < -0.39 is 0 Å². The smallest absolute Gasteiger partial charge is 0.0853 e. The summed E-state index contributed by atoms with van der Waals surface area (Å²) in [5.41, 5.74) is 2.33. The highest BCUT2D eigenvalue weighted by molar-refractivity contribution is 5.47. The van der Waals surface area contributed by atoms with E-state index in [-0.39, 0.29) is 6.10 Å². The topological polar surface area (TPSA) is 50.1 Å². The van der Waals surface area contributed by atoms with Crippen LogP contribution in [0.4, 0.5) is 5.69 Å². The van der Waals surface area contributed by atoms with Crippen LogP contribution in [-0.4, -0.2) is 27.0 Å². The van der Waals surface area contributed by atoms with Crippen molar-refractivity contribution >= 4 is 5.69 Å². The third kappa shape index (κ3) is 3.00. The maximum atomic E-state index is 9.49. The number of nitrogens with zero attached hydrogens (tertiary/aromatic N) is 2. The van der Waals surface area contributed by atoms with E-state index in [1.165, 1.54) is 5.69 Å². The van der Waals surface area contributed by atoms with E-state index in [2.05, 4.69) is 30.5 Å². The lowest BCUT2D eigenvalue weighted by Gasteiger charge is -2.26. The number of hydrogen-bond acceptors (Lipinski definition) is 3. The summed E-state index contributed by atoms with van der Waals surface area (Å²) in [6.45, 7) is 5.16. The number of rotatable bonds is 4. The Morgan fingerprint density at radius 3 is 2.65 bits per heavy atom. The molecule has 0 spiro atoms. The molecule has 1 aliphatic carbocycles. The van der Waals surface area contributed by atoms with E-state index in [9.17, 15) is 5.11 Å². The maximum absolute atomic E-state index is 9.49. The quantitative estimate of drug-likeness (QED) is 0.844. The summed E-state index contributed by atoms with van der Waals surface area (Å²) in [5.74, 6) is 0. The highest BCUT2D eigenvalue weighted by Gasteiger charge is 2.20. The van der Waals surface area contributed by atoms with Crippen LogP contribution in [0.25, 0.3) is 0 Å². The van der Waals surface area contributed by atoms with Gasteiger partial charge in [0.25, 0.3) is 0 Å². The Kier molecular flexibility index (Phi) is 4.05. The minimum Gasteiger partial charge on any atom is -0.393 e. The van der Waals surface area contributed by atoms with E-state index >= 15 is 0 Å². The second kappa shape index (κ2) is 5.54. The molecule has 0 atom stereocenters. The summed E-state index contributed by atoms with van der Waals surface area (Å²) in [7, 11) is 0. The molecule has 1 aromatic rings. The van der Waals surface area contributed by atoms with Crippen molar-refractivity contribution in [2.24, 2.45) is 0 Å². The largest absolute Gasteiger partial charge is 0.393 e. The normalized spacial score (nSPS) is 24.9. The van der Waals surface area contributed by atoms with Crippen LogP contribution >= 0.6 is 0 Å². The van der Waals surface area contributed by atoms with Gasteiger partial charge in [0.2, 0.25) is 0 Å². The molecule has 0 radical (unpaired) electrons. The number of aliphatic hydroxyl groups is 1. The minimum absolute atomic E-state index is 0.0861. The first-order valence-corrected chi connectivity index (χ1v) is 6.73. The van der Waals surface area contributed by atoms with Crippen LogP contribution in [0.5, 0.6) is 0 Å². The molecule has 1 saturated carbocycles. The predicted molar refractivity (Wildman–Crippen MR) is 69.2 cm³/mol. The molecule has 2 N–H and O–H groups in total. The highest BCUT2D eigenvalue weighted by atomic mass is 16.3. The lowest BCUT2D eigenvalue weighted by atomic mass is 9.93. The van der Waals surface area contributed by atoms with Crippen molar-refractivity contribution in [1.29, 1.82) is 0 Å². The zero-order valence-corrected chi connectivity index (χ0v) is 10.8. The Bertz CT molecular complexity index is 354. The van der Waals surface area contributed by atoms with E-state index in [0.717, 1.165) is 44.3 Å². The van der Waals surface area contributed by atoms with Crippen LogP contribution < -0.4 is 5.32 Å². The minimum atomic E-state index is -0.0861. The van der Waals surface area contributed by atoms with Gasteiger partial charge in [0.05, 0.1) is 17.5 Å². The van der Waals surface area contributed by atoms with E-state index in [1.807, 2.05) is 4.68 Å². The van der Waals surface area contributed by atoms with Crippen LogP contribution in [-0.2, 0) is 13.0 Å². The van der Waals surface area contributed by atoms with Crippen LogP contribution in [0.2, 0.25) is 0 Å². The summed E-state index contributed by atoms with van der Waals surface area (Å²) in [5, 5.41) is 17.6. The summed E-state index contributed by atoms with van der Waals surface area (Å²) < 4.78 is 1.98. The number of aromatic nitrogens is 2. The van der Waals surface area contributed by atoms with Gasteiger partial charge in [-0.3, -0.25) is 4.68 Å². The molecule has 1 heterocycles. The third-order valence-electron chi connectivity index (χ3n) is 3.55. The van der Waals surface area contributed by atoms with E-state index in [0.29, 0.717) is 6.04 Å². The summed E-state index contributed by atoms with van der Waals surface area (Å²) in [6.07, 6.45) is 6.93. The highest BCUT2D eigenvalue weighted by Crippen LogP contribution is 2.24. The molecule has 0 aliphatic heterocycles. The van der Waals surface area contributed by atoms with Gasteiger partial charge in [-0.05, 0) is 39.0 Å². The number of anilines is 1. The van der Waals surface area contributed by atoms with Gasteiger partial charge in [0.15, 0.2) is 0 Å². The molecule has 17 heavy (non-hydrogen) atoms. The van der Waals surface area contributed by atoms with Crippen molar-refractivity contribution in [1.82, 2.24) is 9.78 Å². The van der Waals surface area contributed by atoms with Crippen LogP contribution in [0.1, 0.15) is 45.2 Å². The first-order chi connectivity index (χ1) is 8.22. The van der Waals surface area contributed by atoms with Crippen molar-refractivity contribution in [2.75, 3.05) is 5.32 Å². The van der Waals surface area contributed by atoms with Gasteiger partial charge in [0.1, 0.15) is 0 Å². The summed E-state index contributed by atoms with van der Waals surface area (Å²) in [6, 6.07) is 0.498. The van der Waals surface area contributed by atoms with Gasteiger partial charge >= 0.3 is 0 Å². The molecule has 96 valence electrons. The number of nitrogens with one attached hydrogen (secondary N) is 1. The zero-order chi connectivity index (χ0) is 12.3. The van der Waals surface area contributed by atoms with Gasteiger partial charge in [0, 0.05) is 18.8 Å². The van der Waals surface area contributed by atoms with E-state index in [1.54, 1.807) is 0 Å². The molecule has 2 rings (SSSR count).